The number of nitrogens with one attached hydrogen (secondary N) is 1. The molecule has 1 N–H and O–H groups in total. The number of amides is 4. The van der Waals surface area contributed by atoms with E-state index in [2.05, 4.69) is 6.58 Å². The van der Waals surface area contributed by atoms with Crippen molar-refractivity contribution in [3.05, 3.63) is 12.3 Å². The predicted octanol–water partition coefficient (Wildman–Crippen LogP) is -0.402. The summed E-state index contributed by atoms with van der Waals surface area (Å²) >= 11 is 0. The molecule has 0 aromatic heterocycles. The summed E-state index contributed by atoms with van der Waals surface area (Å²) < 4.78 is 0. The number of urea groups is 1. The maximum Gasteiger partial charge on any atom is 0.335 e. The highest BCUT2D eigenvalue weighted by atomic mass is 16.2. The fraction of sp³-hybridized carbons (Fsp3) is 0.167. The molecule has 0 bridgehead atoms. The highest BCUT2D eigenvalue weighted by Gasteiger charge is 2.34. The molecule has 4 amide bonds. The molecule has 5 heteroatoms. The first kappa shape index (κ1) is 7.46. The van der Waals surface area contributed by atoms with Crippen molar-refractivity contribution in [3.8, 4) is 0 Å². The van der Waals surface area contributed by atoms with E-state index in [0.717, 1.165) is 0 Å². The van der Waals surface area contributed by atoms with E-state index in [0.29, 0.717) is 4.90 Å². The maximum absolute atomic E-state index is 10.7. The Kier molecular flexibility index (Phi) is 1.48. The van der Waals surface area contributed by atoms with Gasteiger partial charge in [-0.1, -0.05) is 6.58 Å². The zero-order valence-corrected chi connectivity index (χ0v) is 5.88. The van der Waals surface area contributed by atoms with Crippen LogP contribution in [0, 0.1) is 0 Å². The Bertz CT molecular complexity index is 269. The molecule has 1 saturated heterocycles. The first-order valence-electron chi connectivity index (χ1n) is 2.89. The van der Waals surface area contributed by atoms with Crippen molar-refractivity contribution in [2.45, 2.75) is 6.92 Å². The molecule has 1 aliphatic heterocycles. The van der Waals surface area contributed by atoms with Gasteiger partial charge in [-0.2, -0.15) is 0 Å². The van der Waals surface area contributed by atoms with Gasteiger partial charge in [-0.15, -0.1) is 0 Å². The second-order valence-corrected chi connectivity index (χ2v) is 2.06. The van der Waals surface area contributed by atoms with Gasteiger partial charge in [0.2, 0.25) is 5.91 Å². The summed E-state index contributed by atoms with van der Waals surface area (Å²) in [5.41, 5.74) is -0.123. The molecule has 1 aliphatic rings. The van der Waals surface area contributed by atoms with Gasteiger partial charge in [0, 0.05) is 6.92 Å². The minimum atomic E-state index is -0.729. The molecule has 0 spiro atoms. The average molecular weight is 154 g/mol. The third-order valence-electron chi connectivity index (χ3n) is 1.27. The molecular weight excluding hydrogens is 148 g/mol. The van der Waals surface area contributed by atoms with Crippen LogP contribution in [-0.4, -0.2) is 22.7 Å². The first-order chi connectivity index (χ1) is 5.04. The number of hydrogen-bond acceptors (Lipinski definition) is 3. The van der Waals surface area contributed by atoms with E-state index in [4.69, 9.17) is 0 Å². The number of nitrogens with zero attached hydrogens (tertiary/aromatic N) is 1. The van der Waals surface area contributed by atoms with Crippen LogP contribution in [-0.2, 0) is 9.59 Å². The van der Waals surface area contributed by atoms with Crippen LogP contribution in [0.5, 0.6) is 0 Å². The lowest BCUT2D eigenvalue weighted by Gasteiger charge is -2.07. The zero-order chi connectivity index (χ0) is 8.59. The average Bonchev–Trinajstić information content (AvgIpc) is 2.07. The smallest absolute Gasteiger partial charge is 0.274 e. The van der Waals surface area contributed by atoms with E-state index in [9.17, 15) is 14.4 Å². The van der Waals surface area contributed by atoms with Crippen molar-refractivity contribution in [1.82, 2.24) is 10.2 Å². The fourth-order valence-electron chi connectivity index (χ4n) is 0.782. The third-order valence-corrected chi connectivity index (χ3v) is 1.27. The standard InChI is InChI=1S/C6H6N2O3/c1-3-5(10)7-6(11)8(3)4(2)9/h1H2,2H3,(H,7,10,11). The van der Waals surface area contributed by atoms with Crippen molar-refractivity contribution in [2.24, 2.45) is 0 Å². The fourth-order valence-corrected chi connectivity index (χ4v) is 0.782. The number of hydrogen-bond donors (Lipinski definition) is 1. The Labute approximate surface area is 62.7 Å². The Morgan fingerprint density at radius 1 is 1.55 bits per heavy atom. The van der Waals surface area contributed by atoms with Crippen LogP contribution in [0.4, 0.5) is 4.79 Å². The predicted molar refractivity (Wildman–Crippen MR) is 35.2 cm³/mol. The van der Waals surface area contributed by atoms with Crippen LogP contribution >= 0.6 is 0 Å². The van der Waals surface area contributed by atoms with Crippen molar-refractivity contribution in [3.63, 3.8) is 0 Å². The van der Waals surface area contributed by atoms with Gasteiger partial charge < -0.3 is 0 Å². The molecule has 0 unspecified atom stereocenters. The Morgan fingerprint density at radius 2 is 2.09 bits per heavy atom. The van der Waals surface area contributed by atoms with E-state index in [1.807, 2.05) is 5.32 Å². The highest BCUT2D eigenvalue weighted by Crippen LogP contribution is 2.09. The van der Waals surface area contributed by atoms with E-state index in [-0.39, 0.29) is 5.70 Å². The molecule has 0 radical (unpaired) electrons. The minimum absolute atomic E-state index is 0.123. The third kappa shape index (κ3) is 1.000. The van der Waals surface area contributed by atoms with Crippen molar-refractivity contribution in [2.75, 3.05) is 0 Å². The lowest BCUT2D eigenvalue weighted by atomic mass is 10.4. The quantitative estimate of drug-likeness (QED) is 0.381. The van der Waals surface area contributed by atoms with Crippen LogP contribution in [0.25, 0.3) is 0 Å². The summed E-state index contributed by atoms with van der Waals surface area (Å²) in [6.45, 7) is 4.44. The van der Waals surface area contributed by atoms with Gasteiger partial charge in [-0.05, 0) is 0 Å². The minimum Gasteiger partial charge on any atom is -0.274 e. The van der Waals surface area contributed by atoms with Gasteiger partial charge in [0.15, 0.2) is 0 Å². The second kappa shape index (κ2) is 2.19. The molecule has 11 heavy (non-hydrogen) atoms. The highest BCUT2D eigenvalue weighted by molar-refractivity contribution is 6.17. The van der Waals surface area contributed by atoms with Gasteiger partial charge in [0.1, 0.15) is 5.70 Å². The molecule has 1 fully saturated rings. The van der Waals surface area contributed by atoms with Gasteiger partial charge >= 0.3 is 6.03 Å². The van der Waals surface area contributed by atoms with Crippen molar-refractivity contribution >= 4 is 17.8 Å². The van der Waals surface area contributed by atoms with Crippen LogP contribution in [0.2, 0.25) is 0 Å². The molecule has 0 aromatic rings. The van der Waals surface area contributed by atoms with Crippen LogP contribution in [0.1, 0.15) is 6.92 Å². The first-order valence-corrected chi connectivity index (χ1v) is 2.89. The van der Waals surface area contributed by atoms with E-state index in [1.165, 1.54) is 6.92 Å². The normalized spacial score (nSPS) is 17.2. The summed E-state index contributed by atoms with van der Waals surface area (Å²) in [6.07, 6.45) is 0. The topological polar surface area (TPSA) is 66.5 Å². The van der Waals surface area contributed by atoms with Crippen molar-refractivity contribution in [1.29, 1.82) is 0 Å². The molecule has 5 nitrogen and oxygen atoms in total. The van der Waals surface area contributed by atoms with Gasteiger partial charge in [-0.3, -0.25) is 14.9 Å². The summed E-state index contributed by atoms with van der Waals surface area (Å²) in [5.74, 6) is -1.14. The molecule has 0 aliphatic carbocycles. The van der Waals surface area contributed by atoms with Crippen molar-refractivity contribution < 1.29 is 14.4 Å². The monoisotopic (exact) mass is 154 g/mol. The van der Waals surface area contributed by atoms with Crippen LogP contribution in [0.15, 0.2) is 12.3 Å². The Balaban J connectivity index is 2.98. The Morgan fingerprint density at radius 3 is 2.27 bits per heavy atom. The molecular formula is C6H6N2O3. The number of imide groups is 2. The molecule has 0 saturated carbocycles. The zero-order valence-electron chi connectivity index (χ0n) is 5.88. The maximum atomic E-state index is 10.7. The molecule has 1 rings (SSSR count). The lowest BCUT2D eigenvalue weighted by Crippen LogP contribution is -2.31. The van der Waals surface area contributed by atoms with Crippen LogP contribution < -0.4 is 5.32 Å². The second-order valence-electron chi connectivity index (χ2n) is 2.06. The van der Waals surface area contributed by atoms with E-state index in [1.54, 1.807) is 0 Å². The summed E-state index contributed by atoms with van der Waals surface area (Å²) in [4.78, 5) is 32.8. The van der Waals surface area contributed by atoms with Gasteiger partial charge in [0.25, 0.3) is 5.91 Å². The van der Waals surface area contributed by atoms with Crippen LogP contribution in [0.3, 0.4) is 0 Å². The van der Waals surface area contributed by atoms with Gasteiger partial charge in [-0.25, -0.2) is 9.69 Å². The number of rotatable bonds is 0. The van der Waals surface area contributed by atoms with E-state index >= 15 is 0 Å². The summed E-state index contributed by atoms with van der Waals surface area (Å²) in [6, 6.07) is -0.729. The molecule has 1 heterocycles. The molecule has 58 valence electrons. The molecule has 0 aromatic carbocycles. The van der Waals surface area contributed by atoms with E-state index < -0.39 is 17.8 Å². The SMILES string of the molecule is C=C1C(=O)NC(=O)N1C(C)=O. The number of carbonyl (C=O) groups is 3. The largest absolute Gasteiger partial charge is 0.335 e. The van der Waals surface area contributed by atoms with Gasteiger partial charge in [0.05, 0.1) is 0 Å². The Hall–Kier alpha value is -1.65. The molecule has 0 atom stereocenters. The number of carbonyl (C=O) groups excluding carboxylic acids is 3. The lowest BCUT2D eigenvalue weighted by molar-refractivity contribution is -0.125. The summed E-state index contributed by atoms with van der Waals surface area (Å²) in [7, 11) is 0. The summed E-state index contributed by atoms with van der Waals surface area (Å²) in [5, 5.41) is 1.93.